The lowest BCUT2D eigenvalue weighted by molar-refractivity contribution is -0.115. The molecule has 3 aromatic rings. The molecule has 7 nitrogen and oxygen atoms in total. The molecule has 0 saturated heterocycles. The first-order chi connectivity index (χ1) is 13.5. The lowest BCUT2D eigenvalue weighted by atomic mass is 10.3. The van der Waals surface area contributed by atoms with Crippen LogP contribution in [-0.2, 0) is 11.3 Å². The fraction of sp³-hybridized carbons (Fsp3) is 0.235. The Bertz CT molecular complexity index is 888. The van der Waals surface area contributed by atoms with Crippen molar-refractivity contribution in [3.63, 3.8) is 0 Å². The Balaban J connectivity index is 1.48. The van der Waals surface area contributed by atoms with E-state index in [2.05, 4.69) is 25.6 Å². The van der Waals surface area contributed by atoms with E-state index in [1.54, 1.807) is 19.3 Å². The van der Waals surface area contributed by atoms with Crippen LogP contribution in [0.2, 0.25) is 0 Å². The van der Waals surface area contributed by atoms with Crippen LogP contribution in [0, 0.1) is 0 Å². The smallest absolute Gasteiger partial charge is 0.387 e. The van der Waals surface area contributed by atoms with Gasteiger partial charge in [0.1, 0.15) is 11.5 Å². The van der Waals surface area contributed by atoms with Crippen LogP contribution in [0.1, 0.15) is 12.7 Å². The van der Waals surface area contributed by atoms with Crippen molar-refractivity contribution in [2.24, 2.45) is 0 Å². The van der Waals surface area contributed by atoms with Gasteiger partial charge in [0, 0.05) is 5.69 Å². The van der Waals surface area contributed by atoms with Gasteiger partial charge in [0.15, 0.2) is 4.34 Å². The minimum atomic E-state index is -2.89. The van der Waals surface area contributed by atoms with Crippen LogP contribution in [0.4, 0.5) is 19.6 Å². The minimum absolute atomic E-state index is 0.0267. The van der Waals surface area contributed by atoms with Gasteiger partial charge in [-0.05, 0) is 43.3 Å². The first-order valence-corrected chi connectivity index (χ1v) is 9.81. The standard InChI is InChI=1S/C17H16F2N4O3S2/c1-10(14(24)21-11-4-6-12(7-5-11)26-15(18)19)27-17-23-22-16(28-17)20-9-13-3-2-8-25-13/h2-8,10,15H,9H2,1H3,(H,20,22)(H,21,24)/t10-/m0/s1. The third kappa shape index (κ3) is 5.92. The number of aromatic nitrogens is 2. The molecule has 148 valence electrons. The summed E-state index contributed by atoms with van der Waals surface area (Å²) in [7, 11) is 0. The summed E-state index contributed by atoms with van der Waals surface area (Å²) in [4.78, 5) is 12.3. The van der Waals surface area contributed by atoms with Gasteiger partial charge in [-0.2, -0.15) is 8.78 Å². The highest BCUT2D eigenvalue weighted by atomic mass is 32.2. The van der Waals surface area contributed by atoms with E-state index in [1.165, 1.54) is 47.4 Å². The summed E-state index contributed by atoms with van der Waals surface area (Å²) < 4.78 is 34.4. The molecule has 2 aromatic heterocycles. The maximum absolute atomic E-state index is 12.3. The molecule has 0 fully saturated rings. The van der Waals surface area contributed by atoms with E-state index in [4.69, 9.17) is 4.42 Å². The number of carbonyl (C=O) groups is 1. The number of nitrogens with one attached hydrogen (secondary N) is 2. The lowest BCUT2D eigenvalue weighted by Crippen LogP contribution is -2.22. The highest BCUT2D eigenvalue weighted by molar-refractivity contribution is 8.02. The fourth-order valence-electron chi connectivity index (χ4n) is 2.07. The van der Waals surface area contributed by atoms with Crippen LogP contribution < -0.4 is 15.4 Å². The first-order valence-electron chi connectivity index (χ1n) is 8.12. The number of rotatable bonds is 9. The Morgan fingerprint density at radius 3 is 2.75 bits per heavy atom. The number of thioether (sulfide) groups is 1. The molecule has 0 aliphatic rings. The number of halogens is 2. The topological polar surface area (TPSA) is 89.3 Å². The van der Waals surface area contributed by atoms with E-state index in [0.29, 0.717) is 21.7 Å². The molecule has 0 saturated carbocycles. The van der Waals surface area contributed by atoms with Gasteiger partial charge < -0.3 is 19.8 Å². The minimum Gasteiger partial charge on any atom is -0.467 e. The second kappa shape index (κ2) is 9.51. The van der Waals surface area contributed by atoms with Crippen molar-refractivity contribution in [1.82, 2.24) is 10.2 Å². The molecule has 2 N–H and O–H groups in total. The molecule has 0 unspecified atom stereocenters. The second-order valence-electron chi connectivity index (χ2n) is 5.46. The number of furan rings is 1. The summed E-state index contributed by atoms with van der Waals surface area (Å²) in [6.45, 7) is -0.651. The molecule has 0 spiro atoms. The molecule has 3 rings (SSSR count). The van der Waals surface area contributed by atoms with Crippen LogP contribution in [0.25, 0.3) is 0 Å². The van der Waals surface area contributed by atoms with Crippen LogP contribution in [0.3, 0.4) is 0 Å². The molecule has 2 heterocycles. The number of alkyl halides is 2. The van der Waals surface area contributed by atoms with Crippen molar-refractivity contribution in [1.29, 1.82) is 0 Å². The summed E-state index contributed by atoms with van der Waals surface area (Å²) in [6.07, 6.45) is 1.60. The Morgan fingerprint density at radius 1 is 1.29 bits per heavy atom. The van der Waals surface area contributed by atoms with Crippen molar-refractivity contribution in [3.8, 4) is 5.75 Å². The van der Waals surface area contributed by atoms with Crippen molar-refractivity contribution < 1.29 is 22.7 Å². The molecule has 11 heteroatoms. The zero-order valence-corrected chi connectivity index (χ0v) is 16.2. The average Bonchev–Trinajstić information content (AvgIpc) is 3.33. The van der Waals surface area contributed by atoms with Gasteiger partial charge in [0.25, 0.3) is 0 Å². The predicted molar refractivity (Wildman–Crippen MR) is 103 cm³/mol. The molecule has 1 amide bonds. The number of amides is 1. The van der Waals surface area contributed by atoms with Crippen molar-refractivity contribution in [3.05, 3.63) is 48.4 Å². The van der Waals surface area contributed by atoms with E-state index in [1.807, 2.05) is 6.07 Å². The summed E-state index contributed by atoms with van der Waals surface area (Å²) in [5, 5.41) is 14.1. The summed E-state index contributed by atoms with van der Waals surface area (Å²) >= 11 is 2.61. The average molecular weight is 426 g/mol. The number of carbonyl (C=O) groups excluding carboxylic acids is 1. The van der Waals surface area contributed by atoms with Crippen LogP contribution in [0.5, 0.6) is 5.75 Å². The molecular weight excluding hydrogens is 410 g/mol. The lowest BCUT2D eigenvalue weighted by Gasteiger charge is -2.11. The van der Waals surface area contributed by atoms with Crippen LogP contribution in [0.15, 0.2) is 51.4 Å². The third-order valence-corrected chi connectivity index (χ3v) is 5.46. The van der Waals surface area contributed by atoms with Crippen molar-refractivity contribution >= 4 is 39.8 Å². The van der Waals surface area contributed by atoms with Gasteiger partial charge in [-0.3, -0.25) is 4.79 Å². The molecule has 0 bridgehead atoms. The van der Waals surface area contributed by atoms with Gasteiger partial charge in [-0.15, -0.1) is 10.2 Å². The first kappa shape index (κ1) is 20.1. The van der Waals surface area contributed by atoms with Gasteiger partial charge >= 0.3 is 6.61 Å². The second-order valence-corrected chi connectivity index (χ2v) is 8.02. The maximum Gasteiger partial charge on any atom is 0.387 e. The predicted octanol–water partition coefficient (Wildman–Crippen LogP) is 4.46. The summed E-state index contributed by atoms with van der Waals surface area (Å²) in [5.41, 5.74) is 0.483. The number of benzene rings is 1. The highest BCUT2D eigenvalue weighted by Crippen LogP contribution is 2.30. The Kier molecular flexibility index (Phi) is 6.82. The van der Waals surface area contributed by atoms with Crippen molar-refractivity contribution in [2.75, 3.05) is 10.6 Å². The highest BCUT2D eigenvalue weighted by Gasteiger charge is 2.17. The van der Waals surface area contributed by atoms with E-state index in [0.717, 1.165) is 5.76 Å². The van der Waals surface area contributed by atoms with E-state index in [-0.39, 0.29) is 11.7 Å². The van der Waals surface area contributed by atoms with Crippen molar-refractivity contribution in [2.45, 2.75) is 29.7 Å². The summed E-state index contributed by atoms with van der Waals surface area (Å²) in [5.74, 6) is 0.564. The van der Waals surface area contributed by atoms with Gasteiger partial charge in [0.05, 0.1) is 18.1 Å². The maximum atomic E-state index is 12.3. The SMILES string of the molecule is C[C@H](Sc1nnc(NCc2ccco2)s1)C(=O)Nc1ccc(OC(F)F)cc1. The quantitative estimate of drug-likeness (QED) is 0.488. The van der Waals surface area contributed by atoms with Gasteiger partial charge in [0.2, 0.25) is 11.0 Å². The van der Waals surface area contributed by atoms with E-state index < -0.39 is 11.9 Å². The molecular formula is C17H16F2N4O3S2. The monoisotopic (exact) mass is 426 g/mol. The zero-order chi connectivity index (χ0) is 19.9. The van der Waals surface area contributed by atoms with Crippen LogP contribution >= 0.6 is 23.1 Å². The molecule has 28 heavy (non-hydrogen) atoms. The molecule has 0 radical (unpaired) electrons. The number of hydrogen-bond donors (Lipinski definition) is 2. The molecule has 0 aliphatic heterocycles. The van der Waals surface area contributed by atoms with Crippen LogP contribution in [-0.4, -0.2) is 28.0 Å². The Morgan fingerprint density at radius 2 is 2.07 bits per heavy atom. The number of nitrogens with zero attached hydrogens (tertiary/aromatic N) is 2. The fourth-order valence-corrected chi connectivity index (χ4v) is 3.96. The summed E-state index contributed by atoms with van der Waals surface area (Å²) in [6, 6.07) is 9.37. The number of anilines is 2. The van der Waals surface area contributed by atoms with E-state index >= 15 is 0 Å². The van der Waals surface area contributed by atoms with Gasteiger partial charge in [-0.1, -0.05) is 23.1 Å². The van der Waals surface area contributed by atoms with Gasteiger partial charge in [-0.25, -0.2) is 0 Å². The van der Waals surface area contributed by atoms with E-state index in [9.17, 15) is 13.6 Å². The Labute approximate surface area is 167 Å². The zero-order valence-electron chi connectivity index (χ0n) is 14.6. The molecule has 1 aromatic carbocycles. The number of ether oxygens (including phenoxy) is 1. The molecule has 0 aliphatic carbocycles. The Hall–Kier alpha value is -2.66. The normalized spacial score (nSPS) is 12.0. The number of hydrogen-bond acceptors (Lipinski definition) is 8. The third-order valence-electron chi connectivity index (χ3n) is 3.39. The largest absolute Gasteiger partial charge is 0.467 e. The molecule has 1 atom stereocenters.